The van der Waals surface area contributed by atoms with Gasteiger partial charge in [0.15, 0.2) is 0 Å². The molecule has 25 heavy (non-hydrogen) atoms. The van der Waals surface area contributed by atoms with Crippen molar-refractivity contribution < 1.29 is 9.18 Å². The molecule has 0 bridgehead atoms. The molecular formula is C20H22ClFN2O. The van der Waals surface area contributed by atoms with Crippen LogP contribution in [0.25, 0.3) is 0 Å². The largest absolute Gasteiger partial charge is 0.334 e. The van der Waals surface area contributed by atoms with Crippen molar-refractivity contribution in [3.63, 3.8) is 0 Å². The van der Waals surface area contributed by atoms with E-state index in [9.17, 15) is 9.18 Å². The Morgan fingerprint density at radius 2 is 1.88 bits per heavy atom. The molecule has 5 heteroatoms. The van der Waals surface area contributed by atoms with Gasteiger partial charge in [0.25, 0.3) is 0 Å². The molecule has 1 aliphatic heterocycles. The Morgan fingerprint density at radius 1 is 1.12 bits per heavy atom. The van der Waals surface area contributed by atoms with Crippen LogP contribution in [-0.4, -0.2) is 17.5 Å². The molecule has 0 aromatic heterocycles. The number of hydrogen-bond acceptors (Lipinski definition) is 1. The lowest BCUT2D eigenvalue weighted by Crippen LogP contribution is -2.42. The highest BCUT2D eigenvalue weighted by Gasteiger charge is 2.27. The van der Waals surface area contributed by atoms with Crippen LogP contribution in [-0.2, 0) is 6.54 Å². The third-order valence-electron chi connectivity index (χ3n) is 4.63. The number of benzene rings is 2. The van der Waals surface area contributed by atoms with Gasteiger partial charge in [-0.15, -0.1) is 0 Å². The minimum absolute atomic E-state index is 0.00980. The summed E-state index contributed by atoms with van der Waals surface area (Å²) >= 11 is 6.37. The summed E-state index contributed by atoms with van der Waals surface area (Å²) in [5.74, 6) is -0.277. The van der Waals surface area contributed by atoms with Gasteiger partial charge in [-0.05, 0) is 42.2 Å². The summed E-state index contributed by atoms with van der Waals surface area (Å²) in [4.78, 5) is 14.7. The van der Waals surface area contributed by atoms with Gasteiger partial charge in [-0.1, -0.05) is 54.8 Å². The number of urea groups is 1. The van der Waals surface area contributed by atoms with Gasteiger partial charge in [-0.3, -0.25) is 0 Å². The van der Waals surface area contributed by atoms with Crippen LogP contribution in [0.4, 0.5) is 9.18 Å². The SMILES string of the molecule is O=C(NCc1ccc(F)cc1)N1CCCCCC1c1ccccc1Cl. The van der Waals surface area contributed by atoms with E-state index in [-0.39, 0.29) is 17.9 Å². The maximum absolute atomic E-state index is 13.0. The molecule has 2 aromatic rings. The molecule has 3 nitrogen and oxygen atoms in total. The summed E-state index contributed by atoms with van der Waals surface area (Å²) in [6.07, 6.45) is 4.10. The second kappa shape index (κ2) is 8.34. The van der Waals surface area contributed by atoms with Crippen molar-refractivity contribution in [3.8, 4) is 0 Å². The number of likely N-dealkylation sites (tertiary alicyclic amines) is 1. The first kappa shape index (κ1) is 17.7. The monoisotopic (exact) mass is 360 g/mol. The normalized spacial score (nSPS) is 17.8. The van der Waals surface area contributed by atoms with E-state index < -0.39 is 0 Å². The van der Waals surface area contributed by atoms with Gasteiger partial charge in [0, 0.05) is 18.1 Å². The van der Waals surface area contributed by atoms with E-state index in [4.69, 9.17) is 11.6 Å². The topological polar surface area (TPSA) is 32.3 Å². The Labute approximate surface area is 152 Å². The van der Waals surface area contributed by atoms with Crippen LogP contribution in [0, 0.1) is 5.82 Å². The van der Waals surface area contributed by atoms with E-state index in [1.807, 2.05) is 29.2 Å². The molecule has 0 aliphatic carbocycles. The maximum atomic E-state index is 13.0. The number of rotatable bonds is 3. The maximum Gasteiger partial charge on any atom is 0.318 e. The van der Waals surface area contributed by atoms with Crippen LogP contribution in [0.1, 0.15) is 42.9 Å². The van der Waals surface area contributed by atoms with E-state index in [0.717, 1.165) is 36.8 Å². The standard InChI is InChI=1S/C20H22ClFN2O/c21-18-7-4-3-6-17(18)19-8-2-1-5-13-24(19)20(25)23-14-15-9-11-16(22)12-10-15/h3-4,6-7,9-12,19H,1-2,5,8,13-14H2,(H,23,25). The van der Waals surface area contributed by atoms with Crippen LogP contribution < -0.4 is 5.32 Å². The van der Waals surface area contributed by atoms with Gasteiger partial charge in [-0.2, -0.15) is 0 Å². The van der Waals surface area contributed by atoms with Crippen LogP contribution in [0.15, 0.2) is 48.5 Å². The zero-order valence-electron chi connectivity index (χ0n) is 14.1. The highest BCUT2D eigenvalue weighted by Crippen LogP contribution is 2.34. The molecule has 1 atom stereocenters. The molecule has 0 saturated carbocycles. The van der Waals surface area contributed by atoms with E-state index in [1.165, 1.54) is 12.1 Å². The molecule has 1 unspecified atom stereocenters. The predicted octanol–water partition coefficient (Wildman–Crippen LogP) is 5.31. The quantitative estimate of drug-likeness (QED) is 0.790. The number of hydrogen-bond donors (Lipinski definition) is 1. The highest BCUT2D eigenvalue weighted by molar-refractivity contribution is 6.31. The van der Waals surface area contributed by atoms with Crippen LogP contribution >= 0.6 is 11.6 Å². The van der Waals surface area contributed by atoms with Gasteiger partial charge in [0.05, 0.1) is 6.04 Å². The van der Waals surface area contributed by atoms with Crippen molar-refractivity contribution in [1.82, 2.24) is 10.2 Å². The summed E-state index contributed by atoms with van der Waals surface area (Å²) in [6.45, 7) is 1.09. The second-order valence-corrected chi connectivity index (χ2v) is 6.77. The molecule has 1 heterocycles. The lowest BCUT2D eigenvalue weighted by Gasteiger charge is -2.31. The summed E-state index contributed by atoms with van der Waals surface area (Å²) in [7, 11) is 0. The van der Waals surface area contributed by atoms with Gasteiger partial charge in [0.1, 0.15) is 5.82 Å². The molecule has 1 aliphatic rings. The first-order chi connectivity index (χ1) is 12.1. The molecule has 2 amide bonds. The number of carbonyl (C=O) groups is 1. The van der Waals surface area contributed by atoms with Gasteiger partial charge >= 0.3 is 6.03 Å². The molecule has 0 radical (unpaired) electrons. The van der Waals surface area contributed by atoms with E-state index in [2.05, 4.69) is 5.32 Å². The number of carbonyl (C=O) groups excluding carboxylic acids is 1. The first-order valence-electron chi connectivity index (χ1n) is 8.68. The van der Waals surface area contributed by atoms with Crippen molar-refractivity contribution in [1.29, 1.82) is 0 Å². The Morgan fingerprint density at radius 3 is 2.64 bits per heavy atom. The molecule has 1 fully saturated rings. The van der Waals surface area contributed by atoms with Crippen LogP contribution in [0.3, 0.4) is 0 Å². The zero-order valence-corrected chi connectivity index (χ0v) is 14.8. The third kappa shape index (κ3) is 4.51. The Balaban J connectivity index is 1.73. The average Bonchev–Trinajstić information content (AvgIpc) is 2.87. The Bertz CT molecular complexity index is 720. The van der Waals surface area contributed by atoms with Crippen molar-refractivity contribution in [2.45, 2.75) is 38.3 Å². The lowest BCUT2D eigenvalue weighted by molar-refractivity contribution is 0.175. The van der Waals surface area contributed by atoms with Crippen LogP contribution in [0.2, 0.25) is 5.02 Å². The molecular weight excluding hydrogens is 339 g/mol. The van der Waals surface area contributed by atoms with Gasteiger partial charge in [0.2, 0.25) is 0 Å². The predicted molar refractivity (Wildman–Crippen MR) is 98.0 cm³/mol. The number of nitrogens with zero attached hydrogens (tertiary/aromatic N) is 1. The van der Waals surface area contributed by atoms with Crippen molar-refractivity contribution in [2.24, 2.45) is 0 Å². The second-order valence-electron chi connectivity index (χ2n) is 6.37. The fourth-order valence-electron chi connectivity index (χ4n) is 3.30. The van der Waals surface area contributed by atoms with Crippen LogP contribution in [0.5, 0.6) is 0 Å². The average molecular weight is 361 g/mol. The lowest BCUT2D eigenvalue weighted by atomic mass is 10.0. The third-order valence-corrected chi connectivity index (χ3v) is 4.98. The summed E-state index contributed by atoms with van der Waals surface area (Å²) < 4.78 is 13.0. The van der Waals surface area contributed by atoms with Gasteiger partial charge < -0.3 is 10.2 Å². The van der Waals surface area contributed by atoms with Crippen molar-refractivity contribution >= 4 is 17.6 Å². The smallest absolute Gasteiger partial charge is 0.318 e. The molecule has 132 valence electrons. The Hall–Kier alpha value is -2.07. The van der Waals surface area contributed by atoms with Crippen molar-refractivity contribution in [3.05, 3.63) is 70.5 Å². The molecule has 1 N–H and O–H groups in total. The molecule has 3 rings (SSSR count). The molecule has 2 aromatic carbocycles. The summed E-state index contributed by atoms with van der Waals surface area (Å²) in [5.41, 5.74) is 1.88. The highest BCUT2D eigenvalue weighted by atomic mass is 35.5. The van der Waals surface area contributed by atoms with E-state index >= 15 is 0 Å². The van der Waals surface area contributed by atoms with E-state index in [0.29, 0.717) is 18.1 Å². The number of nitrogens with one attached hydrogen (secondary N) is 1. The minimum atomic E-state index is -0.277. The number of amides is 2. The zero-order chi connectivity index (χ0) is 17.6. The summed E-state index contributed by atoms with van der Waals surface area (Å²) in [6, 6.07) is 13.8. The minimum Gasteiger partial charge on any atom is -0.334 e. The Kier molecular flexibility index (Phi) is 5.92. The molecule has 0 spiro atoms. The van der Waals surface area contributed by atoms with Gasteiger partial charge in [-0.25, -0.2) is 9.18 Å². The number of halogens is 2. The molecule has 1 saturated heterocycles. The summed E-state index contributed by atoms with van der Waals surface area (Å²) in [5, 5.41) is 3.66. The fraction of sp³-hybridized carbons (Fsp3) is 0.350. The fourth-order valence-corrected chi connectivity index (χ4v) is 3.56. The van der Waals surface area contributed by atoms with E-state index in [1.54, 1.807) is 12.1 Å². The first-order valence-corrected chi connectivity index (χ1v) is 9.06. The van der Waals surface area contributed by atoms with Crippen molar-refractivity contribution in [2.75, 3.05) is 6.54 Å².